The third-order valence-electron chi connectivity index (χ3n) is 2.67. The fourth-order valence-corrected chi connectivity index (χ4v) is 3.88. The van der Waals surface area contributed by atoms with Crippen LogP contribution < -0.4 is 5.73 Å². The highest BCUT2D eigenvalue weighted by atomic mass is 35.5. The van der Waals surface area contributed by atoms with E-state index in [0.717, 1.165) is 11.1 Å². The Morgan fingerprint density at radius 3 is 2.21 bits per heavy atom. The summed E-state index contributed by atoms with van der Waals surface area (Å²) in [6.07, 6.45) is 0. The third kappa shape index (κ3) is 3.57. The van der Waals surface area contributed by atoms with E-state index in [1.54, 1.807) is 18.2 Å². The summed E-state index contributed by atoms with van der Waals surface area (Å²) < 4.78 is 12.4. The number of hydrogen-bond acceptors (Lipinski definition) is 2. The van der Waals surface area contributed by atoms with Gasteiger partial charge in [-0.25, -0.2) is 0 Å². The summed E-state index contributed by atoms with van der Waals surface area (Å²) in [6, 6.07) is 12.8. The van der Waals surface area contributed by atoms with Crippen molar-refractivity contribution in [1.82, 2.24) is 0 Å². The predicted octanol–water partition coefficient (Wildman–Crippen LogP) is 3.76. The lowest BCUT2D eigenvalue weighted by Crippen LogP contribution is -2.01. The lowest BCUT2D eigenvalue weighted by molar-refractivity contribution is 0.682. The maximum Gasteiger partial charge on any atom is 0.0763 e. The van der Waals surface area contributed by atoms with E-state index in [0.29, 0.717) is 27.2 Å². The Hall–Kier alpha value is -0.870. The van der Waals surface area contributed by atoms with Crippen molar-refractivity contribution in [1.29, 1.82) is 0 Å². The fraction of sp³-hybridized carbons (Fsp3) is 0.143. The van der Waals surface area contributed by atoms with Gasteiger partial charge in [-0.15, -0.1) is 0 Å². The summed E-state index contributed by atoms with van der Waals surface area (Å²) >= 11 is 12.1. The van der Waals surface area contributed by atoms with Crippen molar-refractivity contribution in [3.63, 3.8) is 0 Å². The summed E-state index contributed by atoms with van der Waals surface area (Å²) in [7, 11) is -1.27. The molecule has 0 spiro atoms. The van der Waals surface area contributed by atoms with Gasteiger partial charge in [-0.1, -0.05) is 53.5 Å². The van der Waals surface area contributed by atoms with Crippen LogP contribution in [0.3, 0.4) is 0 Å². The van der Waals surface area contributed by atoms with Crippen LogP contribution in [0.5, 0.6) is 0 Å². The van der Waals surface area contributed by atoms with Crippen LogP contribution in [0.2, 0.25) is 10.0 Å². The summed E-state index contributed by atoms with van der Waals surface area (Å²) in [5, 5.41) is 0.863. The van der Waals surface area contributed by atoms with Gasteiger partial charge in [0.2, 0.25) is 0 Å². The van der Waals surface area contributed by atoms with Gasteiger partial charge in [0.05, 0.1) is 31.5 Å². The smallest absolute Gasteiger partial charge is 0.0763 e. The standard InChI is InChI=1S/C14H13Cl2NOS/c15-12-5-2-6-13(16)14(12)19(18)9-11-4-1-3-10(7-11)8-17/h1-7H,8-9,17H2. The first kappa shape index (κ1) is 14.5. The largest absolute Gasteiger partial charge is 0.326 e. The molecule has 2 rings (SSSR count). The van der Waals surface area contributed by atoms with Gasteiger partial charge < -0.3 is 5.73 Å². The molecule has 0 aromatic heterocycles. The fourth-order valence-electron chi connectivity index (χ4n) is 1.77. The molecule has 100 valence electrons. The Morgan fingerprint density at radius 1 is 1.00 bits per heavy atom. The second-order valence-corrected chi connectivity index (χ2v) is 6.27. The summed E-state index contributed by atoms with van der Waals surface area (Å²) in [5.41, 5.74) is 7.56. The minimum atomic E-state index is -1.27. The molecule has 0 saturated heterocycles. The first-order chi connectivity index (χ1) is 9.11. The third-order valence-corrected chi connectivity index (χ3v) is 5.02. The topological polar surface area (TPSA) is 43.1 Å². The Bertz CT molecular complexity index is 596. The van der Waals surface area contributed by atoms with Crippen molar-refractivity contribution in [2.45, 2.75) is 17.2 Å². The molecule has 0 heterocycles. The van der Waals surface area contributed by atoms with Crippen molar-refractivity contribution in [2.24, 2.45) is 5.73 Å². The molecule has 2 aromatic carbocycles. The van der Waals surface area contributed by atoms with E-state index in [2.05, 4.69) is 0 Å². The summed E-state index contributed by atoms with van der Waals surface area (Å²) in [4.78, 5) is 0.490. The van der Waals surface area contributed by atoms with Gasteiger partial charge in [0.1, 0.15) is 0 Å². The maximum atomic E-state index is 12.4. The van der Waals surface area contributed by atoms with Crippen LogP contribution in [0, 0.1) is 0 Å². The van der Waals surface area contributed by atoms with E-state index in [1.165, 1.54) is 0 Å². The monoisotopic (exact) mass is 313 g/mol. The van der Waals surface area contributed by atoms with Gasteiger partial charge in [-0.3, -0.25) is 4.21 Å². The molecule has 2 N–H and O–H groups in total. The highest BCUT2D eigenvalue weighted by Gasteiger charge is 2.13. The van der Waals surface area contributed by atoms with E-state index in [9.17, 15) is 4.21 Å². The average molecular weight is 314 g/mol. The molecular weight excluding hydrogens is 301 g/mol. The minimum absolute atomic E-state index is 0.372. The summed E-state index contributed by atoms with van der Waals surface area (Å²) in [5.74, 6) is 0.372. The molecule has 0 aliphatic rings. The van der Waals surface area contributed by atoms with Crippen LogP contribution in [0.1, 0.15) is 11.1 Å². The normalized spacial score (nSPS) is 12.4. The molecule has 2 nitrogen and oxygen atoms in total. The number of rotatable bonds is 4. The van der Waals surface area contributed by atoms with E-state index in [4.69, 9.17) is 28.9 Å². The molecule has 0 aliphatic heterocycles. The maximum absolute atomic E-state index is 12.4. The quantitative estimate of drug-likeness (QED) is 0.934. The van der Waals surface area contributed by atoms with Gasteiger partial charge in [0, 0.05) is 6.54 Å². The zero-order chi connectivity index (χ0) is 13.8. The van der Waals surface area contributed by atoms with Crippen molar-refractivity contribution >= 4 is 34.0 Å². The van der Waals surface area contributed by atoms with Gasteiger partial charge in [-0.2, -0.15) is 0 Å². The molecule has 19 heavy (non-hydrogen) atoms. The molecule has 0 fully saturated rings. The molecule has 0 saturated carbocycles. The Kier molecular flexibility index (Phi) is 4.99. The second kappa shape index (κ2) is 6.53. The Balaban J connectivity index is 2.26. The van der Waals surface area contributed by atoms with Crippen molar-refractivity contribution in [2.75, 3.05) is 0 Å². The lowest BCUT2D eigenvalue weighted by Gasteiger charge is -2.08. The van der Waals surface area contributed by atoms with Crippen LogP contribution in [0.4, 0.5) is 0 Å². The molecule has 2 aromatic rings. The number of benzene rings is 2. The van der Waals surface area contributed by atoms with E-state index >= 15 is 0 Å². The molecule has 1 atom stereocenters. The van der Waals surface area contributed by atoms with Crippen LogP contribution in [-0.4, -0.2) is 4.21 Å². The van der Waals surface area contributed by atoms with E-state index in [-0.39, 0.29) is 0 Å². The van der Waals surface area contributed by atoms with Crippen LogP contribution >= 0.6 is 23.2 Å². The molecular formula is C14H13Cl2NOS. The minimum Gasteiger partial charge on any atom is -0.326 e. The second-order valence-electron chi connectivity index (χ2n) is 4.06. The van der Waals surface area contributed by atoms with Crippen LogP contribution in [0.15, 0.2) is 47.4 Å². The van der Waals surface area contributed by atoms with Gasteiger partial charge in [0.15, 0.2) is 0 Å². The SMILES string of the molecule is NCc1cccc(CS(=O)c2c(Cl)cccc2Cl)c1. The molecule has 0 bridgehead atoms. The first-order valence-electron chi connectivity index (χ1n) is 5.72. The lowest BCUT2D eigenvalue weighted by atomic mass is 10.1. The Labute approximate surface area is 125 Å². The van der Waals surface area contributed by atoms with E-state index < -0.39 is 10.8 Å². The predicted molar refractivity (Wildman–Crippen MR) is 80.9 cm³/mol. The van der Waals surface area contributed by atoms with Gasteiger partial charge in [0.25, 0.3) is 0 Å². The van der Waals surface area contributed by atoms with Crippen LogP contribution in [0.25, 0.3) is 0 Å². The van der Waals surface area contributed by atoms with Crippen molar-refractivity contribution in [3.05, 3.63) is 63.6 Å². The molecule has 5 heteroatoms. The number of hydrogen-bond donors (Lipinski definition) is 1. The van der Waals surface area contributed by atoms with E-state index in [1.807, 2.05) is 24.3 Å². The zero-order valence-corrected chi connectivity index (χ0v) is 12.4. The first-order valence-corrected chi connectivity index (χ1v) is 7.79. The highest BCUT2D eigenvalue weighted by molar-refractivity contribution is 7.84. The molecule has 0 radical (unpaired) electrons. The average Bonchev–Trinajstić information content (AvgIpc) is 2.38. The summed E-state index contributed by atoms with van der Waals surface area (Å²) in [6.45, 7) is 0.466. The molecule has 0 amide bonds. The van der Waals surface area contributed by atoms with Gasteiger partial charge in [-0.05, 0) is 23.3 Å². The Morgan fingerprint density at radius 2 is 1.58 bits per heavy atom. The van der Waals surface area contributed by atoms with Crippen molar-refractivity contribution < 1.29 is 4.21 Å². The van der Waals surface area contributed by atoms with Crippen molar-refractivity contribution in [3.8, 4) is 0 Å². The number of nitrogens with two attached hydrogens (primary N) is 1. The molecule has 0 aliphatic carbocycles. The highest BCUT2D eigenvalue weighted by Crippen LogP contribution is 2.29. The zero-order valence-electron chi connectivity index (χ0n) is 10.1. The number of halogens is 2. The van der Waals surface area contributed by atoms with Crippen LogP contribution in [-0.2, 0) is 23.1 Å². The molecule has 1 unspecified atom stereocenters. The van der Waals surface area contributed by atoms with Gasteiger partial charge >= 0.3 is 0 Å².